The maximum atomic E-state index is 12.0. The van der Waals surface area contributed by atoms with Gasteiger partial charge in [-0.1, -0.05) is 122 Å². The summed E-state index contributed by atoms with van der Waals surface area (Å²) in [5, 5.41) is 27.8. The minimum Gasteiger partial charge on any atom is -0.481 e. The van der Waals surface area contributed by atoms with Crippen LogP contribution in [0.1, 0.15) is 155 Å². The third kappa shape index (κ3) is 18.8. The van der Waals surface area contributed by atoms with E-state index in [1.54, 1.807) is 0 Å². The summed E-state index contributed by atoms with van der Waals surface area (Å²) in [5.41, 5.74) is -1.18. The highest BCUT2D eigenvalue weighted by Crippen LogP contribution is 2.36. The first kappa shape index (κ1) is 32.4. The van der Waals surface area contributed by atoms with E-state index in [1.165, 1.54) is 70.6 Å². The molecule has 0 heterocycles. The van der Waals surface area contributed by atoms with E-state index in [9.17, 15) is 24.6 Å². The van der Waals surface area contributed by atoms with Crippen molar-refractivity contribution < 1.29 is 29.7 Å². The second kappa shape index (κ2) is 21.9. The molecule has 0 radical (unpaired) electrons. The summed E-state index contributed by atoms with van der Waals surface area (Å²) in [7, 11) is 0. The molecule has 0 aromatic carbocycles. The van der Waals surface area contributed by atoms with Gasteiger partial charge in [-0.2, -0.15) is 0 Å². The highest BCUT2D eigenvalue weighted by atomic mass is 16.4. The Morgan fingerprint density at radius 1 is 0.500 bits per heavy atom. The van der Waals surface area contributed by atoms with Crippen LogP contribution < -0.4 is 0 Å². The largest absolute Gasteiger partial charge is 0.481 e. The lowest BCUT2D eigenvalue weighted by atomic mass is 9.75. The van der Waals surface area contributed by atoms with Gasteiger partial charge >= 0.3 is 17.9 Å². The Hall–Kier alpha value is -1.59. The smallest absolute Gasteiger partial charge is 0.310 e. The molecule has 0 rings (SSSR count). The van der Waals surface area contributed by atoms with Crippen molar-refractivity contribution in [2.24, 2.45) is 5.41 Å². The molecule has 0 spiro atoms. The molecule has 1 atom stereocenters. The van der Waals surface area contributed by atoms with Gasteiger partial charge in [-0.05, 0) is 19.3 Å². The lowest BCUT2D eigenvalue weighted by Gasteiger charge is -2.28. The first-order valence-corrected chi connectivity index (χ1v) is 14.0. The summed E-state index contributed by atoms with van der Waals surface area (Å²) in [5.74, 6) is -2.83. The summed E-state index contributed by atoms with van der Waals surface area (Å²) in [6, 6.07) is 0. The lowest BCUT2D eigenvalue weighted by Crippen LogP contribution is -2.33. The van der Waals surface area contributed by atoms with Crippen LogP contribution in [0.2, 0.25) is 0 Å². The van der Waals surface area contributed by atoms with Crippen molar-refractivity contribution in [3.8, 4) is 0 Å². The third-order valence-electron chi connectivity index (χ3n) is 7.00. The Labute approximate surface area is 207 Å². The van der Waals surface area contributed by atoms with Crippen molar-refractivity contribution >= 4 is 17.9 Å². The van der Waals surface area contributed by atoms with Gasteiger partial charge in [0.25, 0.3) is 0 Å². The molecule has 1 unspecified atom stereocenters. The molecule has 200 valence electrons. The molecule has 34 heavy (non-hydrogen) atoms. The number of unbranched alkanes of at least 4 members (excludes halogenated alkanes) is 17. The van der Waals surface area contributed by atoms with Gasteiger partial charge in [0.15, 0.2) is 0 Å². The maximum Gasteiger partial charge on any atom is 0.310 e. The molecule has 0 aromatic heterocycles. The molecule has 0 saturated heterocycles. The van der Waals surface area contributed by atoms with E-state index in [1.807, 2.05) is 0 Å². The standard InChI is InChI=1S/C28H52O6/c1-2-3-4-5-6-7-8-9-10-11-12-13-16-19-22-28(27(33)34,24-26(31)32)23-20-17-14-15-18-21-25(29)30/h2-24H2,1H3,(H,29,30)(H,31,32)(H,33,34). The van der Waals surface area contributed by atoms with Gasteiger partial charge in [-0.25, -0.2) is 0 Å². The zero-order chi connectivity index (χ0) is 25.5. The zero-order valence-corrected chi connectivity index (χ0v) is 21.8. The monoisotopic (exact) mass is 484 g/mol. The highest BCUT2D eigenvalue weighted by Gasteiger charge is 2.39. The van der Waals surface area contributed by atoms with Crippen molar-refractivity contribution in [1.29, 1.82) is 0 Å². The number of aliphatic carboxylic acids is 3. The van der Waals surface area contributed by atoms with Crippen molar-refractivity contribution in [2.45, 2.75) is 155 Å². The number of carboxylic acids is 3. The number of rotatable bonds is 26. The van der Waals surface area contributed by atoms with E-state index in [2.05, 4.69) is 6.92 Å². The van der Waals surface area contributed by atoms with E-state index < -0.39 is 23.3 Å². The Kier molecular flexibility index (Phi) is 20.9. The van der Waals surface area contributed by atoms with Gasteiger partial charge in [0.1, 0.15) is 0 Å². The second-order valence-corrected chi connectivity index (χ2v) is 10.2. The molecule has 0 fully saturated rings. The summed E-state index contributed by atoms with van der Waals surface area (Å²) in [6.07, 6.45) is 21.7. The molecule has 6 heteroatoms. The number of carbonyl (C=O) groups is 3. The molecule has 0 aromatic rings. The number of hydrogen-bond acceptors (Lipinski definition) is 3. The van der Waals surface area contributed by atoms with Crippen LogP contribution in [-0.4, -0.2) is 33.2 Å². The van der Waals surface area contributed by atoms with Gasteiger partial charge in [-0.3, -0.25) is 14.4 Å². The van der Waals surface area contributed by atoms with Crippen LogP contribution in [0.25, 0.3) is 0 Å². The minimum absolute atomic E-state index is 0.164. The Bertz CT molecular complexity index is 533. The van der Waals surface area contributed by atoms with Gasteiger partial charge < -0.3 is 15.3 Å². The Morgan fingerprint density at radius 3 is 1.18 bits per heavy atom. The minimum atomic E-state index is -1.18. The van der Waals surface area contributed by atoms with Crippen molar-refractivity contribution in [3.05, 3.63) is 0 Å². The fourth-order valence-electron chi connectivity index (χ4n) is 4.81. The van der Waals surface area contributed by atoms with Crippen LogP contribution in [0.15, 0.2) is 0 Å². The summed E-state index contributed by atoms with van der Waals surface area (Å²) in [4.78, 5) is 34.0. The van der Waals surface area contributed by atoms with Crippen molar-refractivity contribution in [3.63, 3.8) is 0 Å². The van der Waals surface area contributed by atoms with Crippen LogP contribution in [0.5, 0.6) is 0 Å². The predicted molar refractivity (Wildman–Crippen MR) is 137 cm³/mol. The first-order valence-electron chi connectivity index (χ1n) is 14.0. The van der Waals surface area contributed by atoms with Crippen LogP contribution >= 0.6 is 0 Å². The van der Waals surface area contributed by atoms with Gasteiger partial charge in [0, 0.05) is 6.42 Å². The van der Waals surface area contributed by atoms with Gasteiger partial charge in [0.2, 0.25) is 0 Å². The van der Waals surface area contributed by atoms with E-state index >= 15 is 0 Å². The van der Waals surface area contributed by atoms with E-state index in [4.69, 9.17) is 5.11 Å². The molecule has 3 N–H and O–H groups in total. The highest BCUT2D eigenvalue weighted by molar-refractivity contribution is 5.81. The normalized spacial score (nSPS) is 13.0. The van der Waals surface area contributed by atoms with Crippen molar-refractivity contribution in [1.82, 2.24) is 0 Å². The molecule has 6 nitrogen and oxygen atoms in total. The van der Waals surface area contributed by atoms with Crippen molar-refractivity contribution in [2.75, 3.05) is 0 Å². The average Bonchev–Trinajstić information content (AvgIpc) is 2.77. The fourth-order valence-corrected chi connectivity index (χ4v) is 4.81. The number of carboxylic acid groups (broad SMARTS) is 3. The van der Waals surface area contributed by atoms with E-state index in [0.29, 0.717) is 25.7 Å². The Balaban J connectivity index is 4.03. The van der Waals surface area contributed by atoms with Crippen LogP contribution in [0.4, 0.5) is 0 Å². The lowest BCUT2D eigenvalue weighted by molar-refractivity contribution is -0.157. The van der Waals surface area contributed by atoms with Crippen LogP contribution in [0, 0.1) is 5.41 Å². The first-order chi connectivity index (χ1) is 16.3. The van der Waals surface area contributed by atoms with E-state index in [0.717, 1.165) is 38.5 Å². The topological polar surface area (TPSA) is 112 Å². The maximum absolute atomic E-state index is 12.0. The fraction of sp³-hybridized carbons (Fsp3) is 0.893. The summed E-state index contributed by atoms with van der Waals surface area (Å²) < 4.78 is 0. The predicted octanol–water partition coefficient (Wildman–Crippen LogP) is 8.22. The zero-order valence-electron chi connectivity index (χ0n) is 21.8. The van der Waals surface area contributed by atoms with Gasteiger partial charge in [-0.15, -0.1) is 0 Å². The SMILES string of the molecule is CCCCCCCCCCCCCCCCC(CCCCCCCC(=O)O)(CC(=O)O)C(=O)O. The quantitative estimate of drug-likeness (QED) is 0.107. The Morgan fingerprint density at radius 2 is 0.853 bits per heavy atom. The second-order valence-electron chi connectivity index (χ2n) is 10.2. The van der Waals surface area contributed by atoms with Crippen LogP contribution in [-0.2, 0) is 14.4 Å². The molecule has 0 amide bonds. The molecule has 0 aliphatic heterocycles. The third-order valence-corrected chi connectivity index (χ3v) is 7.00. The number of hydrogen-bond donors (Lipinski definition) is 3. The molecule has 0 bridgehead atoms. The molecule has 0 aliphatic rings. The van der Waals surface area contributed by atoms with Crippen LogP contribution in [0.3, 0.4) is 0 Å². The average molecular weight is 485 g/mol. The summed E-state index contributed by atoms with van der Waals surface area (Å²) in [6.45, 7) is 2.25. The van der Waals surface area contributed by atoms with Gasteiger partial charge in [0.05, 0.1) is 11.8 Å². The molecular weight excluding hydrogens is 432 g/mol. The van der Waals surface area contributed by atoms with E-state index in [-0.39, 0.29) is 12.8 Å². The molecule has 0 aliphatic carbocycles. The molecule has 0 saturated carbocycles. The molecular formula is C28H52O6. The summed E-state index contributed by atoms with van der Waals surface area (Å²) >= 11 is 0.